The van der Waals surface area contributed by atoms with E-state index in [2.05, 4.69) is 28.3 Å². The lowest BCUT2D eigenvalue weighted by atomic mass is 9.98. The molecule has 7 heteroatoms. The number of fused-ring (bicyclic) bond motifs is 1. The van der Waals surface area contributed by atoms with Gasteiger partial charge in [0, 0.05) is 18.7 Å². The molecule has 0 bridgehead atoms. The van der Waals surface area contributed by atoms with Gasteiger partial charge >= 0.3 is 0 Å². The molecule has 1 aromatic heterocycles. The number of hydrogen-bond donors (Lipinski definition) is 0. The van der Waals surface area contributed by atoms with E-state index < -0.39 is 0 Å². The van der Waals surface area contributed by atoms with Crippen molar-refractivity contribution in [3.05, 3.63) is 77.9 Å². The van der Waals surface area contributed by atoms with Crippen LogP contribution in [-0.2, 0) is 22.6 Å². The van der Waals surface area contributed by atoms with Gasteiger partial charge in [-0.15, -0.1) is 0 Å². The first-order valence-corrected chi connectivity index (χ1v) is 9.77. The highest BCUT2D eigenvalue weighted by molar-refractivity contribution is 5.76. The van der Waals surface area contributed by atoms with Crippen LogP contribution in [0.5, 0.6) is 5.75 Å². The first-order valence-electron chi connectivity index (χ1n) is 9.77. The summed E-state index contributed by atoms with van der Waals surface area (Å²) in [5.41, 5.74) is 3.13. The van der Waals surface area contributed by atoms with E-state index >= 15 is 0 Å². The van der Waals surface area contributed by atoms with Crippen molar-refractivity contribution in [3.8, 4) is 5.75 Å². The fourth-order valence-corrected chi connectivity index (χ4v) is 3.52. The van der Waals surface area contributed by atoms with Gasteiger partial charge in [-0.05, 0) is 30.2 Å². The standard InChI is InChI=1S/C22H24N4O3/c1-2-28-22(17-6-4-3-5-7-17)18-8-9-20-19(12-18)13-25(10-11-29-20)21(27)14-26-16-23-15-24-26/h3-9,12,15-16,22H,2,10-11,13-14H2,1H3. The van der Waals surface area contributed by atoms with Crippen molar-refractivity contribution in [2.24, 2.45) is 0 Å². The number of nitrogens with zero attached hydrogens (tertiary/aromatic N) is 4. The van der Waals surface area contributed by atoms with Crippen LogP contribution < -0.4 is 4.74 Å². The van der Waals surface area contributed by atoms with Crippen LogP contribution in [0, 0.1) is 0 Å². The Kier molecular flexibility index (Phi) is 5.86. The minimum atomic E-state index is -0.158. The van der Waals surface area contributed by atoms with Crippen molar-refractivity contribution in [1.29, 1.82) is 0 Å². The predicted octanol–water partition coefficient (Wildman–Crippen LogP) is 2.83. The Bertz CT molecular complexity index is 944. The first-order chi connectivity index (χ1) is 14.2. The molecule has 2 heterocycles. The van der Waals surface area contributed by atoms with E-state index in [1.165, 1.54) is 11.0 Å². The molecule has 1 aliphatic rings. The maximum Gasteiger partial charge on any atom is 0.244 e. The Balaban J connectivity index is 1.58. The normalized spacial score (nSPS) is 14.6. The lowest BCUT2D eigenvalue weighted by molar-refractivity contribution is -0.132. The number of hydrogen-bond acceptors (Lipinski definition) is 5. The third-order valence-electron chi connectivity index (χ3n) is 4.92. The van der Waals surface area contributed by atoms with Crippen LogP contribution in [0.1, 0.15) is 29.7 Å². The van der Waals surface area contributed by atoms with Gasteiger partial charge in [-0.1, -0.05) is 36.4 Å². The number of ether oxygens (including phenoxy) is 2. The van der Waals surface area contributed by atoms with Crippen LogP contribution in [0.25, 0.3) is 0 Å². The van der Waals surface area contributed by atoms with Crippen molar-refractivity contribution < 1.29 is 14.3 Å². The third-order valence-corrected chi connectivity index (χ3v) is 4.92. The molecule has 7 nitrogen and oxygen atoms in total. The molecular formula is C22H24N4O3. The molecule has 2 aromatic carbocycles. The molecule has 0 radical (unpaired) electrons. The molecule has 4 rings (SSSR count). The second kappa shape index (κ2) is 8.87. The third kappa shape index (κ3) is 4.46. The lowest BCUT2D eigenvalue weighted by Gasteiger charge is -2.21. The van der Waals surface area contributed by atoms with Crippen LogP contribution in [0.2, 0.25) is 0 Å². The van der Waals surface area contributed by atoms with Crippen LogP contribution >= 0.6 is 0 Å². The van der Waals surface area contributed by atoms with E-state index in [0.29, 0.717) is 26.3 Å². The molecular weight excluding hydrogens is 368 g/mol. The smallest absolute Gasteiger partial charge is 0.244 e. The molecule has 150 valence electrons. The quantitative estimate of drug-likeness (QED) is 0.645. The van der Waals surface area contributed by atoms with Gasteiger partial charge < -0.3 is 14.4 Å². The average Bonchev–Trinajstić information content (AvgIpc) is 3.16. The number of amides is 1. The minimum Gasteiger partial charge on any atom is -0.491 e. The number of aromatic nitrogens is 3. The maximum absolute atomic E-state index is 12.7. The number of rotatable bonds is 6. The molecule has 1 amide bonds. The van der Waals surface area contributed by atoms with Crippen molar-refractivity contribution in [2.75, 3.05) is 19.8 Å². The topological polar surface area (TPSA) is 69.5 Å². The van der Waals surface area contributed by atoms with Crippen LogP contribution in [0.4, 0.5) is 0 Å². The number of carbonyl (C=O) groups excluding carboxylic acids is 1. The summed E-state index contributed by atoms with van der Waals surface area (Å²) >= 11 is 0. The molecule has 0 spiro atoms. The van der Waals surface area contributed by atoms with Crippen molar-refractivity contribution >= 4 is 5.91 Å². The van der Waals surface area contributed by atoms with Gasteiger partial charge in [0.05, 0.1) is 6.54 Å². The van der Waals surface area contributed by atoms with Crippen LogP contribution in [-0.4, -0.2) is 45.3 Å². The number of carbonyl (C=O) groups is 1. The molecule has 3 aromatic rings. The maximum atomic E-state index is 12.7. The molecule has 0 aliphatic carbocycles. The van der Waals surface area contributed by atoms with E-state index in [9.17, 15) is 4.79 Å². The summed E-state index contributed by atoms with van der Waals surface area (Å²) in [4.78, 5) is 18.4. The Labute approximate surface area is 169 Å². The molecule has 0 saturated heterocycles. The van der Waals surface area contributed by atoms with E-state index in [0.717, 1.165) is 22.4 Å². The Morgan fingerprint density at radius 3 is 2.83 bits per heavy atom. The van der Waals surface area contributed by atoms with E-state index in [1.54, 1.807) is 11.2 Å². The van der Waals surface area contributed by atoms with Crippen molar-refractivity contribution in [1.82, 2.24) is 19.7 Å². The van der Waals surface area contributed by atoms with Gasteiger partial charge in [0.2, 0.25) is 5.91 Å². The van der Waals surface area contributed by atoms with Crippen LogP contribution in [0.3, 0.4) is 0 Å². The van der Waals surface area contributed by atoms with Crippen LogP contribution in [0.15, 0.2) is 61.2 Å². The molecule has 29 heavy (non-hydrogen) atoms. The van der Waals surface area contributed by atoms with Gasteiger partial charge in [0.1, 0.15) is 37.7 Å². The fourth-order valence-electron chi connectivity index (χ4n) is 3.52. The molecule has 0 N–H and O–H groups in total. The summed E-state index contributed by atoms with van der Waals surface area (Å²) in [5, 5.41) is 4.02. The summed E-state index contributed by atoms with van der Waals surface area (Å²) in [6.45, 7) is 4.25. The molecule has 1 aliphatic heterocycles. The molecule has 1 unspecified atom stereocenters. The van der Waals surface area contributed by atoms with Gasteiger partial charge in [0.15, 0.2) is 0 Å². The SMILES string of the molecule is CCOC(c1ccccc1)c1ccc2c(c1)CN(C(=O)Cn1cncn1)CCO2. The van der Waals surface area contributed by atoms with E-state index in [1.807, 2.05) is 37.3 Å². The van der Waals surface area contributed by atoms with Gasteiger partial charge in [0.25, 0.3) is 0 Å². The first kappa shape index (κ1) is 19.1. The summed E-state index contributed by atoms with van der Waals surface area (Å²) in [5.74, 6) is 0.801. The number of benzene rings is 2. The summed E-state index contributed by atoms with van der Waals surface area (Å²) in [6, 6.07) is 16.3. The zero-order valence-electron chi connectivity index (χ0n) is 16.4. The predicted molar refractivity (Wildman–Crippen MR) is 107 cm³/mol. The Morgan fingerprint density at radius 2 is 2.07 bits per heavy atom. The highest BCUT2D eigenvalue weighted by Gasteiger charge is 2.22. The van der Waals surface area contributed by atoms with Gasteiger partial charge in [-0.2, -0.15) is 5.10 Å². The van der Waals surface area contributed by atoms with Crippen molar-refractivity contribution in [2.45, 2.75) is 26.1 Å². The fraction of sp³-hybridized carbons (Fsp3) is 0.318. The minimum absolute atomic E-state index is 0.0122. The highest BCUT2D eigenvalue weighted by atomic mass is 16.5. The van der Waals surface area contributed by atoms with E-state index in [-0.39, 0.29) is 18.6 Å². The van der Waals surface area contributed by atoms with Gasteiger partial charge in [-0.3, -0.25) is 4.79 Å². The summed E-state index contributed by atoms with van der Waals surface area (Å²) in [6.07, 6.45) is 2.82. The van der Waals surface area contributed by atoms with Crippen molar-refractivity contribution in [3.63, 3.8) is 0 Å². The lowest BCUT2D eigenvalue weighted by Crippen LogP contribution is -2.35. The molecule has 1 atom stereocenters. The zero-order valence-corrected chi connectivity index (χ0v) is 16.4. The monoisotopic (exact) mass is 392 g/mol. The zero-order chi connectivity index (χ0) is 20.1. The molecule has 0 fully saturated rings. The summed E-state index contributed by atoms with van der Waals surface area (Å²) in [7, 11) is 0. The largest absolute Gasteiger partial charge is 0.491 e. The average molecular weight is 392 g/mol. The highest BCUT2D eigenvalue weighted by Crippen LogP contribution is 2.31. The van der Waals surface area contributed by atoms with E-state index in [4.69, 9.17) is 9.47 Å². The molecule has 0 saturated carbocycles. The second-order valence-electron chi connectivity index (χ2n) is 6.87. The van der Waals surface area contributed by atoms with Gasteiger partial charge in [-0.25, -0.2) is 9.67 Å². The Hall–Kier alpha value is -3.19. The summed E-state index contributed by atoms with van der Waals surface area (Å²) < 4.78 is 13.5. The second-order valence-corrected chi connectivity index (χ2v) is 6.87. The Morgan fingerprint density at radius 1 is 1.21 bits per heavy atom.